The Balaban J connectivity index is 2.02. The molecule has 0 aliphatic heterocycles. The molecular weight excluding hydrogens is 250 g/mol. The van der Waals surface area contributed by atoms with E-state index in [1.165, 1.54) is 0 Å². The third-order valence-electron chi connectivity index (χ3n) is 2.51. The number of rotatable bonds is 5. The van der Waals surface area contributed by atoms with Gasteiger partial charge in [0, 0.05) is 17.1 Å². The van der Waals surface area contributed by atoms with Crippen molar-refractivity contribution in [3.05, 3.63) is 47.2 Å². The molecule has 96 valence electrons. The van der Waals surface area contributed by atoms with Crippen LogP contribution >= 0.6 is 11.6 Å². The number of furan rings is 1. The Bertz CT molecular complexity index is 508. The number of benzene rings is 1. The van der Waals surface area contributed by atoms with Crippen LogP contribution in [0, 0.1) is 0 Å². The minimum Gasteiger partial charge on any atom is -0.460 e. The Kier molecular flexibility index (Phi) is 4.42. The van der Waals surface area contributed by atoms with Gasteiger partial charge in [0.2, 0.25) is 0 Å². The van der Waals surface area contributed by atoms with Gasteiger partial charge >= 0.3 is 0 Å². The fourth-order valence-electron chi connectivity index (χ4n) is 1.67. The second-order valence-electron chi connectivity index (χ2n) is 4.26. The largest absolute Gasteiger partial charge is 0.460 e. The third-order valence-corrected chi connectivity index (χ3v) is 2.74. The highest BCUT2D eigenvalue weighted by Gasteiger charge is 2.05. The molecule has 0 aliphatic rings. The number of hydrogen-bond acceptors (Lipinski definition) is 3. The van der Waals surface area contributed by atoms with Crippen LogP contribution in [0.3, 0.4) is 0 Å². The Morgan fingerprint density at radius 2 is 2.17 bits per heavy atom. The molecule has 0 bridgehead atoms. The second kappa shape index (κ2) is 6.05. The zero-order chi connectivity index (χ0) is 13.0. The highest BCUT2D eigenvalue weighted by atomic mass is 35.5. The van der Waals surface area contributed by atoms with Crippen molar-refractivity contribution in [2.75, 3.05) is 6.54 Å². The van der Waals surface area contributed by atoms with Gasteiger partial charge in [-0.2, -0.15) is 0 Å². The summed E-state index contributed by atoms with van der Waals surface area (Å²) in [5.41, 5.74) is 0.962. The summed E-state index contributed by atoms with van der Waals surface area (Å²) < 4.78 is 5.70. The lowest BCUT2D eigenvalue weighted by Crippen LogP contribution is -2.23. The Morgan fingerprint density at radius 1 is 1.33 bits per heavy atom. The van der Waals surface area contributed by atoms with Gasteiger partial charge in [0.15, 0.2) is 0 Å². The van der Waals surface area contributed by atoms with Crippen LogP contribution in [-0.2, 0) is 6.54 Å². The maximum absolute atomic E-state index is 9.14. The lowest BCUT2D eigenvalue weighted by Gasteiger charge is -2.04. The molecule has 0 radical (unpaired) electrons. The Morgan fingerprint density at radius 3 is 2.89 bits per heavy atom. The maximum Gasteiger partial charge on any atom is 0.134 e. The molecule has 18 heavy (non-hydrogen) atoms. The summed E-state index contributed by atoms with van der Waals surface area (Å²) in [6, 6.07) is 11.4. The number of nitrogens with one attached hydrogen (secondary N) is 1. The summed E-state index contributed by atoms with van der Waals surface area (Å²) in [4.78, 5) is 0. The molecule has 3 nitrogen and oxygen atoms in total. The molecule has 0 unspecified atom stereocenters. The van der Waals surface area contributed by atoms with Crippen LogP contribution in [0.4, 0.5) is 0 Å². The molecule has 1 heterocycles. The highest BCUT2D eigenvalue weighted by molar-refractivity contribution is 6.30. The maximum atomic E-state index is 9.14. The minimum absolute atomic E-state index is 0.354. The third kappa shape index (κ3) is 3.60. The molecule has 1 aromatic carbocycles. The van der Waals surface area contributed by atoms with Gasteiger partial charge in [-0.3, -0.25) is 0 Å². The van der Waals surface area contributed by atoms with Crippen LogP contribution in [0.25, 0.3) is 11.3 Å². The first-order chi connectivity index (χ1) is 8.65. The zero-order valence-corrected chi connectivity index (χ0v) is 10.9. The van der Waals surface area contributed by atoms with E-state index in [0.29, 0.717) is 18.1 Å². The van der Waals surface area contributed by atoms with Gasteiger partial charge in [-0.15, -0.1) is 0 Å². The van der Waals surface area contributed by atoms with E-state index in [1.54, 1.807) is 6.92 Å². The minimum atomic E-state index is -0.354. The Hall–Kier alpha value is -1.29. The fraction of sp³-hybridized carbons (Fsp3) is 0.286. The summed E-state index contributed by atoms with van der Waals surface area (Å²) in [5, 5.41) is 12.9. The molecule has 2 aromatic rings. The van der Waals surface area contributed by atoms with E-state index in [2.05, 4.69) is 5.32 Å². The van der Waals surface area contributed by atoms with Crippen LogP contribution in [0.15, 0.2) is 40.8 Å². The van der Waals surface area contributed by atoms with E-state index in [1.807, 2.05) is 36.4 Å². The van der Waals surface area contributed by atoms with Crippen LogP contribution in [0.2, 0.25) is 5.02 Å². The number of aliphatic hydroxyl groups is 1. The molecule has 1 aromatic heterocycles. The van der Waals surface area contributed by atoms with Gasteiger partial charge in [0.25, 0.3) is 0 Å². The van der Waals surface area contributed by atoms with Crippen molar-refractivity contribution in [2.24, 2.45) is 0 Å². The van der Waals surface area contributed by atoms with E-state index in [0.717, 1.165) is 17.1 Å². The molecule has 0 aliphatic carbocycles. The smallest absolute Gasteiger partial charge is 0.134 e. The summed E-state index contributed by atoms with van der Waals surface area (Å²) in [6.45, 7) is 2.89. The van der Waals surface area contributed by atoms with E-state index in [9.17, 15) is 0 Å². The monoisotopic (exact) mass is 265 g/mol. The molecule has 2 rings (SSSR count). The number of aliphatic hydroxyl groups excluding tert-OH is 1. The zero-order valence-electron chi connectivity index (χ0n) is 10.2. The summed E-state index contributed by atoms with van der Waals surface area (Å²) in [5.74, 6) is 1.64. The van der Waals surface area contributed by atoms with E-state index in [4.69, 9.17) is 21.1 Å². The topological polar surface area (TPSA) is 45.4 Å². The molecule has 4 heteroatoms. The van der Waals surface area contributed by atoms with Crippen LogP contribution < -0.4 is 5.32 Å². The summed E-state index contributed by atoms with van der Waals surface area (Å²) in [6.07, 6.45) is -0.354. The van der Waals surface area contributed by atoms with Crippen LogP contribution in [-0.4, -0.2) is 17.8 Å². The van der Waals surface area contributed by atoms with Crippen molar-refractivity contribution >= 4 is 11.6 Å². The molecule has 2 N–H and O–H groups in total. The van der Waals surface area contributed by atoms with Crippen molar-refractivity contribution in [1.82, 2.24) is 5.32 Å². The second-order valence-corrected chi connectivity index (χ2v) is 4.69. The van der Waals surface area contributed by atoms with E-state index in [-0.39, 0.29) is 6.10 Å². The van der Waals surface area contributed by atoms with E-state index < -0.39 is 0 Å². The van der Waals surface area contributed by atoms with Crippen LogP contribution in [0.5, 0.6) is 0 Å². The average Bonchev–Trinajstić information content (AvgIpc) is 2.77. The molecule has 0 spiro atoms. The first kappa shape index (κ1) is 13.1. The van der Waals surface area contributed by atoms with Crippen molar-refractivity contribution in [3.8, 4) is 11.3 Å². The van der Waals surface area contributed by atoms with Gasteiger partial charge in [0.1, 0.15) is 11.5 Å². The quantitative estimate of drug-likeness (QED) is 0.873. The summed E-state index contributed by atoms with van der Waals surface area (Å²) >= 11 is 5.94. The molecule has 0 saturated heterocycles. The van der Waals surface area contributed by atoms with Gasteiger partial charge in [0.05, 0.1) is 12.6 Å². The number of hydrogen-bond donors (Lipinski definition) is 2. The number of halogens is 1. The lowest BCUT2D eigenvalue weighted by atomic mass is 10.2. The summed E-state index contributed by atoms with van der Waals surface area (Å²) in [7, 11) is 0. The van der Waals surface area contributed by atoms with Gasteiger partial charge in [-0.1, -0.05) is 23.7 Å². The first-order valence-corrected chi connectivity index (χ1v) is 6.26. The Labute approximate surface area is 111 Å². The lowest BCUT2D eigenvalue weighted by molar-refractivity contribution is 0.190. The average molecular weight is 266 g/mol. The standard InChI is InChI=1S/C14H16ClNO2/c1-10(17)8-16-9-13-5-6-14(18-13)11-3-2-4-12(15)7-11/h2-7,10,16-17H,8-9H2,1H3/t10-/m1/s1. The predicted molar refractivity (Wildman–Crippen MR) is 72.5 cm³/mol. The van der Waals surface area contributed by atoms with Gasteiger partial charge in [-0.25, -0.2) is 0 Å². The van der Waals surface area contributed by atoms with Gasteiger partial charge < -0.3 is 14.8 Å². The SMILES string of the molecule is C[C@@H](O)CNCc1ccc(-c2cccc(Cl)c2)o1. The van der Waals surface area contributed by atoms with Crippen molar-refractivity contribution in [3.63, 3.8) is 0 Å². The highest BCUT2D eigenvalue weighted by Crippen LogP contribution is 2.24. The van der Waals surface area contributed by atoms with Crippen LogP contribution in [0.1, 0.15) is 12.7 Å². The van der Waals surface area contributed by atoms with Gasteiger partial charge in [-0.05, 0) is 31.2 Å². The fourth-order valence-corrected chi connectivity index (χ4v) is 1.86. The first-order valence-electron chi connectivity index (χ1n) is 5.88. The molecule has 0 saturated carbocycles. The molecule has 0 fully saturated rings. The predicted octanol–water partition coefficient (Wildman–Crippen LogP) is 3.07. The molecular formula is C14H16ClNO2. The molecule has 0 amide bonds. The normalized spacial score (nSPS) is 12.6. The molecule has 1 atom stereocenters. The van der Waals surface area contributed by atoms with Crippen molar-refractivity contribution in [1.29, 1.82) is 0 Å². The van der Waals surface area contributed by atoms with E-state index >= 15 is 0 Å². The van der Waals surface area contributed by atoms with Crippen molar-refractivity contribution in [2.45, 2.75) is 19.6 Å². The van der Waals surface area contributed by atoms with Crippen molar-refractivity contribution < 1.29 is 9.52 Å².